The van der Waals surface area contributed by atoms with E-state index >= 15 is 0 Å². The summed E-state index contributed by atoms with van der Waals surface area (Å²) in [6, 6.07) is 0. The van der Waals surface area contributed by atoms with E-state index in [0.29, 0.717) is 0 Å². The molecule has 1 nitrogen and oxygen atoms in total. The molecule has 0 saturated heterocycles. The number of nitrogens with zero attached hydrogens (tertiary/aromatic N) is 1. The Morgan fingerprint density at radius 1 is 1.57 bits per heavy atom. The zero-order chi connectivity index (χ0) is 5.28. The molecule has 0 N–H and O–H groups in total. The highest BCUT2D eigenvalue weighted by molar-refractivity contribution is 5.66. The molecular formula is C4H5F2N. The summed E-state index contributed by atoms with van der Waals surface area (Å²) in [5.41, 5.74) is 0. The molecule has 1 rings (SSSR count). The summed E-state index contributed by atoms with van der Waals surface area (Å²) in [6.07, 6.45) is -1.81. The molecule has 3 heteroatoms. The van der Waals surface area contributed by atoms with Crippen molar-refractivity contribution in [1.29, 1.82) is 0 Å². The van der Waals surface area contributed by atoms with Crippen LogP contribution in [0, 0.1) is 0 Å². The van der Waals surface area contributed by atoms with Gasteiger partial charge in [0.2, 0.25) is 0 Å². The first-order chi connectivity index (χ1) is 3.30. The van der Waals surface area contributed by atoms with Crippen molar-refractivity contribution in [3.63, 3.8) is 0 Å². The lowest BCUT2D eigenvalue weighted by Crippen LogP contribution is -2.13. The Bertz CT molecular complexity index is 91.7. The van der Waals surface area contributed by atoms with Gasteiger partial charge in [0.1, 0.15) is 0 Å². The van der Waals surface area contributed by atoms with E-state index < -0.39 is 12.3 Å². The number of rotatable bonds is 0. The maximum Gasteiger partial charge on any atom is 0.168 e. The van der Waals surface area contributed by atoms with Gasteiger partial charge in [-0.05, 0) is 0 Å². The van der Waals surface area contributed by atoms with E-state index in [9.17, 15) is 8.78 Å². The molecule has 0 aliphatic carbocycles. The molecule has 0 saturated carbocycles. The maximum absolute atomic E-state index is 11.8. The smallest absolute Gasteiger partial charge is 0.168 e. The third-order valence-corrected chi connectivity index (χ3v) is 0.873. The Kier molecular flexibility index (Phi) is 1.04. The van der Waals surface area contributed by atoms with Gasteiger partial charge in [0.15, 0.2) is 12.3 Å². The zero-order valence-electron chi connectivity index (χ0n) is 3.64. The molecule has 0 aromatic carbocycles. The number of hydrogen-bond donors (Lipinski definition) is 0. The summed E-state index contributed by atoms with van der Waals surface area (Å²) >= 11 is 0. The lowest BCUT2D eigenvalue weighted by Gasteiger charge is -1.94. The normalized spacial score (nSPS) is 39.7. The van der Waals surface area contributed by atoms with Gasteiger partial charge in [-0.1, -0.05) is 0 Å². The first-order valence-corrected chi connectivity index (χ1v) is 2.09. The van der Waals surface area contributed by atoms with Crippen molar-refractivity contribution in [3.05, 3.63) is 0 Å². The molecule has 0 aromatic heterocycles. The monoisotopic (exact) mass is 105 g/mol. The molecular weight excluding hydrogens is 100 g/mol. The molecule has 2 atom stereocenters. The Morgan fingerprint density at radius 2 is 2.29 bits per heavy atom. The Labute approximate surface area is 40.1 Å². The van der Waals surface area contributed by atoms with E-state index in [1.165, 1.54) is 0 Å². The van der Waals surface area contributed by atoms with Crippen LogP contribution < -0.4 is 0 Å². The van der Waals surface area contributed by atoms with Crippen LogP contribution in [0.4, 0.5) is 8.78 Å². The molecule has 0 aromatic rings. The molecule has 0 amide bonds. The van der Waals surface area contributed by atoms with Crippen LogP contribution >= 0.6 is 0 Å². The molecule has 40 valence electrons. The van der Waals surface area contributed by atoms with Gasteiger partial charge in [-0.15, -0.1) is 0 Å². The van der Waals surface area contributed by atoms with Gasteiger partial charge in [-0.2, -0.15) is 0 Å². The second-order valence-corrected chi connectivity index (χ2v) is 1.47. The average molecular weight is 105 g/mol. The van der Waals surface area contributed by atoms with Crippen molar-refractivity contribution in [2.45, 2.75) is 12.3 Å². The van der Waals surface area contributed by atoms with E-state index in [1.54, 1.807) is 0 Å². The zero-order valence-corrected chi connectivity index (χ0v) is 3.64. The first-order valence-electron chi connectivity index (χ1n) is 2.09. The number of aliphatic imine (C=N–C) groups is 1. The van der Waals surface area contributed by atoms with Gasteiger partial charge in [0.25, 0.3) is 0 Å². The summed E-state index contributed by atoms with van der Waals surface area (Å²) in [4.78, 5) is 3.37. The van der Waals surface area contributed by atoms with E-state index in [1.807, 2.05) is 0 Å². The van der Waals surface area contributed by atoms with E-state index in [4.69, 9.17) is 0 Å². The van der Waals surface area contributed by atoms with Gasteiger partial charge in [0, 0.05) is 6.21 Å². The molecule has 1 aliphatic heterocycles. The lowest BCUT2D eigenvalue weighted by atomic mass is 10.3. The minimum absolute atomic E-state index is 0.00116. The molecule has 7 heavy (non-hydrogen) atoms. The molecule has 1 heterocycles. The molecule has 1 aliphatic rings. The Hall–Kier alpha value is -0.470. The first kappa shape index (κ1) is 4.68. The van der Waals surface area contributed by atoms with Crippen LogP contribution in [-0.2, 0) is 0 Å². The van der Waals surface area contributed by atoms with Crippen molar-refractivity contribution >= 4 is 6.21 Å². The van der Waals surface area contributed by atoms with Crippen molar-refractivity contribution in [2.75, 3.05) is 6.54 Å². The van der Waals surface area contributed by atoms with Crippen LogP contribution in [0.3, 0.4) is 0 Å². The molecule has 0 spiro atoms. The van der Waals surface area contributed by atoms with E-state index in [0.717, 1.165) is 6.21 Å². The Morgan fingerprint density at radius 3 is 2.43 bits per heavy atom. The standard InChI is InChI=1S/C4H5F2N/c5-3-1-7-2-4(3)6/h1,3-4H,2H2/t3-,4-/m0/s1. The molecule has 0 fully saturated rings. The fourth-order valence-electron chi connectivity index (χ4n) is 0.456. The third-order valence-electron chi connectivity index (χ3n) is 0.873. The van der Waals surface area contributed by atoms with Gasteiger partial charge in [-0.25, -0.2) is 8.78 Å². The van der Waals surface area contributed by atoms with E-state index in [2.05, 4.69) is 4.99 Å². The topological polar surface area (TPSA) is 12.4 Å². The minimum Gasteiger partial charge on any atom is -0.291 e. The maximum atomic E-state index is 11.8. The average Bonchev–Trinajstić information content (AvgIpc) is 1.91. The molecule has 0 radical (unpaired) electrons. The van der Waals surface area contributed by atoms with Crippen LogP contribution in [0.25, 0.3) is 0 Å². The summed E-state index contributed by atoms with van der Waals surface area (Å²) in [5, 5.41) is 0. The highest BCUT2D eigenvalue weighted by Crippen LogP contribution is 2.07. The minimum atomic E-state index is -1.44. The SMILES string of the molecule is F[C@H]1C=NC[C@@H]1F. The van der Waals surface area contributed by atoms with Crippen molar-refractivity contribution in [2.24, 2.45) is 4.99 Å². The number of alkyl halides is 2. The predicted octanol–water partition coefficient (Wildman–Crippen LogP) is 0.747. The van der Waals surface area contributed by atoms with Gasteiger partial charge in [0.05, 0.1) is 6.54 Å². The van der Waals surface area contributed by atoms with Gasteiger partial charge in [-0.3, -0.25) is 4.99 Å². The van der Waals surface area contributed by atoms with Crippen LogP contribution in [0.5, 0.6) is 0 Å². The van der Waals surface area contributed by atoms with Crippen LogP contribution in [0.1, 0.15) is 0 Å². The highest BCUT2D eigenvalue weighted by atomic mass is 19.2. The summed E-state index contributed by atoms with van der Waals surface area (Å²) in [7, 11) is 0. The molecule has 0 bridgehead atoms. The van der Waals surface area contributed by atoms with Crippen molar-refractivity contribution in [3.8, 4) is 0 Å². The van der Waals surface area contributed by atoms with Crippen LogP contribution in [-0.4, -0.2) is 25.1 Å². The summed E-state index contributed by atoms with van der Waals surface area (Å²) in [6.45, 7) is 0.00116. The Balaban J connectivity index is 2.45. The van der Waals surface area contributed by atoms with Crippen LogP contribution in [0.2, 0.25) is 0 Å². The van der Waals surface area contributed by atoms with E-state index in [-0.39, 0.29) is 6.54 Å². The molecule has 0 unspecified atom stereocenters. The quantitative estimate of drug-likeness (QED) is 0.431. The second-order valence-electron chi connectivity index (χ2n) is 1.47. The van der Waals surface area contributed by atoms with Crippen molar-refractivity contribution in [1.82, 2.24) is 0 Å². The lowest BCUT2D eigenvalue weighted by molar-refractivity contribution is 0.244. The largest absolute Gasteiger partial charge is 0.291 e. The fraction of sp³-hybridized carbons (Fsp3) is 0.750. The summed E-state index contributed by atoms with van der Waals surface area (Å²) in [5.74, 6) is 0. The third kappa shape index (κ3) is 0.759. The number of halogens is 2. The van der Waals surface area contributed by atoms with Crippen LogP contribution in [0.15, 0.2) is 4.99 Å². The van der Waals surface area contributed by atoms with Gasteiger partial charge < -0.3 is 0 Å². The fourth-order valence-corrected chi connectivity index (χ4v) is 0.456. The number of hydrogen-bond acceptors (Lipinski definition) is 1. The van der Waals surface area contributed by atoms with Crippen molar-refractivity contribution < 1.29 is 8.78 Å². The predicted molar refractivity (Wildman–Crippen MR) is 23.2 cm³/mol. The summed E-state index contributed by atoms with van der Waals surface area (Å²) < 4.78 is 23.6. The van der Waals surface area contributed by atoms with Gasteiger partial charge >= 0.3 is 0 Å². The highest BCUT2D eigenvalue weighted by Gasteiger charge is 2.21. The second kappa shape index (κ2) is 1.56.